The van der Waals surface area contributed by atoms with Gasteiger partial charge in [0.2, 0.25) is 0 Å². The maximum Gasteiger partial charge on any atom is 0.317 e. The second kappa shape index (κ2) is 9.77. The number of benzene rings is 1. The molecule has 0 spiro atoms. The number of nitrogens with one attached hydrogen (secondary N) is 3. The Morgan fingerprint density at radius 1 is 1.08 bits per heavy atom. The molecule has 0 unspecified atom stereocenters. The third kappa shape index (κ3) is 6.08. The van der Waals surface area contributed by atoms with E-state index in [1.165, 1.54) is 0 Å². The highest BCUT2D eigenvalue weighted by molar-refractivity contribution is 5.74. The van der Waals surface area contributed by atoms with Crippen LogP contribution in [0.5, 0.6) is 0 Å². The number of rotatable bonds is 6. The van der Waals surface area contributed by atoms with E-state index >= 15 is 0 Å². The summed E-state index contributed by atoms with van der Waals surface area (Å²) in [7, 11) is 0. The molecule has 4 amide bonds. The van der Waals surface area contributed by atoms with Crippen LogP contribution in [0.25, 0.3) is 0 Å². The molecule has 1 fully saturated rings. The highest BCUT2D eigenvalue weighted by Gasteiger charge is 2.16. The Balaban J connectivity index is 1.77. The highest BCUT2D eigenvalue weighted by atomic mass is 16.5. The SMILES string of the molecule is CCCNC(=O)NCc1cccc(CNC(=O)N2CCOCC2)c1. The van der Waals surface area contributed by atoms with E-state index in [2.05, 4.69) is 16.0 Å². The van der Waals surface area contributed by atoms with E-state index in [4.69, 9.17) is 4.74 Å². The summed E-state index contributed by atoms with van der Waals surface area (Å²) in [6.45, 7) is 6.04. The molecule has 1 aliphatic heterocycles. The first-order chi connectivity index (χ1) is 11.7. The van der Waals surface area contributed by atoms with E-state index in [9.17, 15) is 9.59 Å². The van der Waals surface area contributed by atoms with Crippen molar-refractivity contribution in [3.63, 3.8) is 0 Å². The molecule has 0 radical (unpaired) electrons. The van der Waals surface area contributed by atoms with E-state index in [0.717, 1.165) is 17.5 Å². The molecule has 132 valence electrons. The molecule has 7 heteroatoms. The zero-order valence-corrected chi connectivity index (χ0v) is 14.1. The van der Waals surface area contributed by atoms with Gasteiger partial charge in [0.15, 0.2) is 0 Å². The van der Waals surface area contributed by atoms with Crippen molar-refractivity contribution in [3.05, 3.63) is 35.4 Å². The number of nitrogens with zero attached hydrogens (tertiary/aromatic N) is 1. The zero-order chi connectivity index (χ0) is 17.2. The van der Waals surface area contributed by atoms with Crippen LogP contribution in [-0.4, -0.2) is 49.8 Å². The molecule has 0 atom stereocenters. The Kier molecular flexibility index (Phi) is 7.35. The lowest BCUT2D eigenvalue weighted by atomic mass is 10.1. The predicted molar refractivity (Wildman–Crippen MR) is 91.6 cm³/mol. The molecule has 0 saturated carbocycles. The van der Waals surface area contributed by atoms with Crippen LogP contribution >= 0.6 is 0 Å². The smallest absolute Gasteiger partial charge is 0.317 e. The third-order valence-corrected chi connectivity index (χ3v) is 3.72. The number of hydrogen-bond donors (Lipinski definition) is 3. The summed E-state index contributed by atoms with van der Waals surface area (Å²) in [5.74, 6) is 0. The fourth-order valence-corrected chi connectivity index (χ4v) is 2.39. The number of ether oxygens (including phenoxy) is 1. The van der Waals surface area contributed by atoms with Gasteiger partial charge in [0.1, 0.15) is 0 Å². The summed E-state index contributed by atoms with van der Waals surface area (Å²) in [5, 5.41) is 8.51. The molecule has 0 bridgehead atoms. The van der Waals surface area contributed by atoms with Gasteiger partial charge in [0, 0.05) is 32.7 Å². The second-order valence-corrected chi connectivity index (χ2v) is 5.69. The van der Waals surface area contributed by atoms with Crippen LogP contribution in [0.2, 0.25) is 0 Å². The molecule has 1 aromatic carbocycles. The number of hydrogen-bond acceptors (Lipinski definition) is 3. The molecular weight excluding hydrogens is 308 g/mol. The number of carbonyl (C=O) groups excluding carboxylic acids is 2. The van der Waals surface area contributed by atoms with Crippen molar-refractivity contribution in [2.75, 3.05) is 32.8 Å². The number of morpholine rings is 1. The predicted octanol–water partition coefficient (Wildman–Crippen LogP) is 1.44. The molecule has 1 aliphatic rings. The third-order valence-electron chi connectivity index (χ3n) is 3.72. The first-order valence-corrected chi connectivity index (χ1v) is 8.39. The molecular formula is C17H26N4O3. The van der Waals surface area contributed by atoms with Crippen molar-refractivity contribution < 1.29 is 14.3 Å². The van der Waals surface area contributed by atoms with Crippen molar-refractivity contribution in [1.82, 2.24) is 20.9 Å². The van der Waals surface area contributed by atoms with Gasteiger partial charge in [-0.15, -0.1) is 0 Å². The van der Waals surface area contributed by atoms with Crippen LogP contribution in [0.1, 0.15) is 24.5 Å². The summed E-state index contributed by atoms with van der Waals surface area (Å²) in [6.07, 6.45) is 0.908. The van der Waals surface area contributed by atoms with Gasteiger partial charge in [0.05, 0.1) is 13.2 Å². The van der Waals surface area contributed by atoms with Crippen LogP contribution in [0, 0.1) is 0 Å². The monoisotopic (exact) mass is 334 g/mol. The molecule has 24 heavy (non-hydrogen) atoms. The minimum Gasteiger partial charge on any atom is -0.378 e. The van der Waals surface area contributed by atoms with Crippen LogP contribution in [0.3, 0.4) is 0 Å². The Bertz CT molecular complexity index is 544. The summed E-state index contributed by atoms with van der Waals surface area (Å²) in [4.78, 5) is 25.4. The maximum atomic E-state index is 12.1. The lowest BCUT2D eigenvalue weighted by Gasteiger charge is -2.27. The molecule has 1 saturated heterocycles. The van der Waals surface area contributed by atoms with E-state index in [0.29, 0.717) is 45.9 Å². The molecule has 3 N–H and O–H groups in total. The van der Waals surface area contributed by atoms with Crippen molar-refractivity contribution in [1.29, 1.82) is 0 Å². The number of urea groups is 2. The van der Waals surface area contributed by atoms with Crippen LogP contribution in [0.4, 0.5) is 9.59 Å². The van der Waals surface area contributed by atoms with E-state index in [-0.39, 0.29) is 12.1 Å². The Morgan fingerprint density at radius 2 is 1.75 bits per heavy atom. The molecule has 2 rings (SSSR count). The first kappa shape index (κ1) is 18.1. The zero-order valence-electron chi connectivity index (χ0n) is 14.1. The van der Waals surface area contributed by atoms with Crippen LogP contribution < -0.4 is 16.0 Å². The highest BCUT2D eigenvalue weighted by Crippen LogP contribution is 2.06. The summed E-state index contributed by atoms with van der Waals surface area (Å²) in [6, 6.07) is 7.59. The lowest BCUT2D eigenvalue weighted by molar-refractivity contribution is 0.0531. The van der Waals surface area contributed by atoms with E-state index in [1.807, 2.05) is 31.2 Å². The molecule has 1 aromatic rings. The second-order valence-electron chi connectivity index (χ2n) is 5.69. The summed E-state index contributed by atoms with van der Waals surface area (Å²) < 4.78 is 5.24. The Labute approximate surface area is 142 Å². The fraction of sp³-hybridized carbons (Fsp3) is 0.529. The molecule has 1 heterocycles. The van der Waals surface area contributed by atoms with Gasteiger partial charge in [0.25, 0.3) is 0 Å². The normalized spacial score (nSPS) is 14.1. The van der Waals surface area contributed by atoms with E-state index in [1.54, 1.807) is 4.90 Å². The fourth-order valence-electron chi connectivity index (χ4n) is 2.39. The minimum absolute atomic E-state index is 0.0687. The molecule has 7 nitrogen and oxygen atoms in total. The van der Waals surface area contributed by atoms with Gasteiger partial charge >= 0.3 is 12.1 Å². The molecule has 0 aliphatic carbocycles. The summed E-state index contributed by atoms with van der Waals surface area (Å²) in [5.41, 5.74) is 2.00. The van der Waals surface area contributed by atoms with Crippen molar-refractivity contribution in [3.8, 4) is 0 Å². The topological polar surface area (TPSA) is 82.7 Å². The van der Waals surface area contributed by atoms with Crippen molar-refractivity contribution in [2.45, 2.75) is 26.4 Å². The van der Waals surface area contributed by atoms with Gasteiger partial charge in [-0.25, -0.2) is 9.59 Å². The largest absolute Gasteiger partial charge is 0.378 e. The molecule has 0 aromatic heterocycles. The number of carbonyl (C=O) groups is 2. The Morgan fingerprint density at radius 3 is 2.42 bits per heavy atom. The first-order valence-electron chi connectivity index (χ1n) is 8.39. The van der Waals surface area contributed by atoms with Crippen LogP contribution in [0.15, 0.2) is 24.3 Å². The summed E-state index contributed by atoms with van der Waals surface area (Å²) >= 11 is 0. The number of amides is 4. The van der Waals surface area contributed by atoms with Gasteiger partial charge in [-0.3, -0.25) is 0 Å². The average Bonchev–Trinajstić information content (AvgIpc) is 2.63. The van der Waals surface area contributed by atoms with Gasteiger partial charge in [-0.05, 0) is 17.5 Å². The van der Waals surface area contributed by atoms with Crippen molar-refractivity contribution in [2.24, 2.45) is 0 Å². The minimum atomic E-state index is -0.164. The quantitative estimate of drug-likeness (QED) is 0.736. The van der Waals surface area contributed by atoms with E-state index < -0.39 is 0 Å². The van der Waals surface area contributed by atoms with Crippen molar-refractivity contribution >= 4 is 12.1 Å². The Hall–Kier alpha value is -2.28. The standard InChI is InChI=1S/C17H26N4O3/c1-2-6-18-16(22)19-12-14-4-3-5-15(11-14)13-20-17(23)21-7-9-24-10-8-21/h3-5,11H,2,6-10,12-13H2,1H3,(H,20,23)(H2,18,19,22). The lowest BCUT2D eigenvalue weighted by Crippen LogP contribution is -2.45. The van der Waals surface area contributed by atoms with Gasteiger partial charge in [-0.1, -0.05) is 31.2 Å². The maximum absolute atomic E-state index is 12.1. The van der Waals surface area contributed by atoms with Gasteiger partial charge < -0.3 is 25.6 Å². The van der Waals surface area contributed by atoms with Crippen LogP contribution in [-0.2, 0) is 17.8 Å². The average molecular weight is 334 g/mol. The van der Waals surface area contributed by atoms with Gasteiger partial charge in [-0.2, -0.15) is 0 Å².